The molecule has 0 spiro atoms. The summed E-state index contributed by atoms with van der Waals surface area (Å²) in [4.78, 5) is 0. The number of rotatable bonds is 5. The van der Waals surface area contributed by atoms with Gasteiger partial charge in [0.1, 0.15) is 5.75 Å². The van der Waals surface area contributed by atoms with E-state index in [2.05, 4.69) is 15.9 Å². The van der Waals surface area contributed by atoms with Crippen molar-refractivity contribution in [3.05, 3.63) is 27.7 Å². The summed E-state index contributed by atoms with van der Waals surface area (Å²) in [5.41, 5.74) is -0.591. The molecule has 0 radical (unpaired) electrons. The lowest BCUT2D eigenvalue weighted by Crippen LogP contribution is -2.28. The largest absolute Gasteiger partial charge is 0.491 e. The van der Waals surface area contributed by atoms with Gasteiger partial charge in [-0.3, -0.25) is 0 Å². The van der Waals surface area contributed by atoms with Crippen LogP contribution in [-0.4, -0.2) is 20.8 Å². The van der Waals surface area contributed by atoms with Gasteiger partial charge in [-0.15, -0.1) is 0 Å². The van der Waals surface area contributed by atoms with Gasteiger partial charge in [-0.25, -0.2) is 8.42 Å². The minimum absolute atomic E-state index is 0.160. The maximum Gasteiger partial charge on any atom is 0.233 e. The van der Waals surface area contributed by atoms with E-state index in [0.29, 0.717) is 10.8 Å². The number of benzene rings is 1. The molecule has 0 fully saturated rings. The molecule has 0 heterocycles. The summed E-state index contributed by atoms with van der Waals surface area (Å²) in [6.45, 7) is 3.73. The van der Waals surface area contributed by atoms with Crippen LogP contribution in [0.4, 0.5) is 0 Å². The van der Waals surface area contributed by atoms with Gasteiger partial charge in [0.05, 0.1) is 17.4 Å². The second-order valence-electron chi connectivity index (χ2n) is 4.71. The quantitative estimate of drug-likeness (QED) is 0.728. The molecule has 1 aromatic rings. The molecular weight excluding hydrogens is 363 g/mol. The van der Waals surface area contributed by atoms with Gasteiger partial charge < -0.3 is 4.74 Å². The topological polar surface area (TPSA) is 43.4 Å². The van der Waals surface area contributed by atoms with Crippen LogP contribution in [0.5, 0.6) is 5.75 Å². The third-order valence-corrected chi connectivity index (χ3v) is 4.33. The first-order chi connectivity index (χ1) is 8.09. The van der Waals surface area contributed by atoms with Gasteiger partial charge in [0, 0.05) is 20.6 Å². The van der Waals surface area contributed by atoms with Crippen molar-refractivity contribution < 1.29 is 13.2 Å². The second kappa shape index (κ2) is 5.99. The molecule has 102 valence electrons. The Bertz CT molecular complexity index is 529. The van der Waals surface area contributed by atoms with Gasteiger partial charge in [0.15, 0.2) is 0 Å². The van der Waals surface area contributed by atoms with E-state index in [1.165, 1.54) is 0 Å². The first-order valence-electron chi connectivity index (χ1n) is 5.09. The fraction of sp³-hybridized carbons (Fsp3) is 0.455. The predicted octanol–water partition coefficient (Wildman–Crippen LogP) is 4.08. The molecule has 0 atom stereocenters. The van der Waals surface area contributed by atoms with Crippen LogP contribution in [0.2, 0.25) is 5.02 Å². The summed E-state index contributed by atoms with van der Waals surface area (Å²) >= 11 is 9.28. The first-order valence-corrected chi connectivity index (χ1v) is 8.74. The Kier molecular flexibility index (Phi) is 5.35. The summed E-state index contributed by atoms with van der Waals surface area (Å²) in [7, 11) is 1.68. The van der Waals surface area contributed by atoms with Crippen LogP contribution in [0.15, 0.2) is 22.7 Å². The Morgan fingerprint density at radius 3 is 2.56 bits per heavy atom. The van der Waals surface area contributed by atoms with Gasteiger partial charge in [0.25, 0.3) is 0 Å². The van der Waals surface area contributed by atoms with Crippen LogP contribution in [-0.2, 0) is 9.05 Å². The van der Waals surface area contributed by atoms with Crippen molar-refractivity contribution in [2.24, 2.45) is 5.41 Å². The summed E-state index contributed by atoms with van der Waals surface area (Å²) in [5, 5.41) is 0.475. The highest BCUT2D eigenvalue weighted by Gasteiger charge is 2.26. The van der Waals surface area contributed by atoms with Crippen LogP contribution in [0.25, 0.3) is 0 Å². The molecule has 0 aromatic heterocycles. The minimum Gasteiger partial charge on any atom is -0.491 e. The molecule has 1 rings (SSSR count). The molecule has 1 aromatic carbocycles. The van der Waals surface area contributed by atoms with E-state index in [0.717, 1.165) is 4.47 Å². The molecule has 3 nitrogen and oxygen atoms in total. The van der Waals surface area contributed by atoms with E-state index in [1.807, 2.05) is 0 Å². The Morgan fingerprint density at radius 2 is 2.00 bits per heavy atom. The average Bonchev–Trinajstić information content (AvgIpc) is 2.16. The molecule has 0 bridgehead atoms. The van der Waals surface area contributed by atoms with Crippen molar-refractivity contribution in [2.75, 3.05) is 12.4 Å². The lowest BCUT2D eigenvalue weighted by atomic mass is 9.98. The monoisotopic (exact) mass is 374 g/mol. The molecule has 0 saturated heterocycles. The van der Waals surface area contributed by atoms with Gasteiger partial charge in [-0.05, 0) is 18.2 Å². The van der Waals surface area contributed by atoms with E-state index in [9.17, 15) is 8.42 Å². The minimum atomic E-state index is -3.55. The van der Waals surface area contributed by atoms with Crippen molar-refractivity contribution in [1.29, 1.82) is 0 Å². The highest BCUT2D eigenvalue weighted by molar-refractivity contribution is 9.10. The summed E-state index contributed by atoms with van der Waals surface area (Å²) < 4.78 is 28.5. The SMILES string of the molecule is CC(C)(COc1cc(Br)ccc1Cl)CS(=O)(=O)Cl. The summed E-state index contributed by atoms with van der Waals surface area (Å²) in [5.74, 6) is 0.346. The van der Waals surface area contributed by atoms with E-state index in [-0.39, 0.29) is 12.4 Å². The Labute approximate surface area is 125 Å². The average molecular weight is 376 g/mol. The van der Waals surface area contributed by atoms with Crippen molar-refractivity contribution in [3.8, 4) is 5.75 Å². The molecule has 0 aliphatic carbocycles. The number of ether oxygens (including phenoxy) is 1. The van der Waals surface area contributed by atoms with Crippen LogP contribution in [0.3, 0.4) is 0 Å². The van der Waals surface area contributed by atoms with Gasteiger partial charge in [-0.1, -0.05) is 41.4 Å². The maximum atomic E-state index is 11.1. The van der Waals surface area contributed by atoms with Gasteiger partial charge in [-0.2, -0.15) is 0 Å². The van der Waals surface area contributed by atoms with E-state index in [4.69, 9.17) is 27.0 Å². The van der Waals surface area contributed by atoms with Crippen molar-refractivity contribution >= 4 is 47.3 Å². The third-order valence-electron chi connectivity index (χ3n) is 2.07. The van der Waals surface area contributed by atoms with Crippen LogP contribution in [0, 0.1) is 5.41 Å². The molecular formula is C11H13BrCl2O3S. The number of halogens is 3. The lowest BCUT2D eigenvalue weighted by Gasteiger charge is -2.23. The Hall–Kier alpha value is 0.0300. The van der Waals surface area contributed by atoms with Gasteiger partial charge >= 0.3 is 0 Å². The zero-order valence-electron chi connectivity index (χ0n) is 9.91. The fourth-order valence-electron chi connectivity index (χ4n) is 1.37. The molecule has 0 unspecified atom stereocenters. The molecule has 0 saturated carbocycles. The molecule has 0 amide bonds. The normalized spacial score (nSPS) is 12.5. The maximum absolute atomic E-state index is 11.1. The summed E-state index contributed by atoms with van der Waals surface area (Å²) in [6, 6.07) is 5.23. The van der Waals surface area contributed by atoms with Gasteiger partial charge in [0.2, 0.25) is 9.05 Å². The molecule has 0 aliphatic heterocycles. The Balaban J connectivity index is 2.72. The third kappa shape index (κ3) is 5.78. The Morgan fingerprint density at radius 1 is 1.39 bits per heavy atom. The van der Waals surface area contributed by atoms with E-state index >= 15 is 0 Å². The van der Waals surface area contributed by atoms with Crippen molar-refractivity contribution in [1.82, 2.24) is 0 Å². The molecule has 7 heteroatoms. The zero-order valence-corrected chi connectivity index (χ0v) is 13.8. The first kappa shape index (κ1) is 16.1. The van der Waals surface area contributed by atoms with Crippen molar-refractivity contribution in [2.45, 2.75) is 13.8 Å². The molecule has 0 N–H and O–H groups in total. The fourth-order valence-corrected chi connectivity index (χ4v) is 3.78. The second-order valence-corrected chi connectivity index (χ2v) is 8.81. The highest BCUT2D eigenvalue weighted by Crippen LogP contribution is 2.30. The number of hydrogen-bond donors (Lipinski definition) is 0. The standard InChI is InChI=1S/C11H13BrCl2O3S/c1-11(2,7-18(14,15)16)6-17-10-5-8(12)3-4-9(10)13/h3-5H,6-7H2,1-2H3. The molecule has 0 aliphatic rings. The van der Waals surface area contributed by atoms with Crippen LogP contribution in [0.1, 0.15) is 13.8 Å². The van der Waals surface area contributed by atoms with Crippen LogP contribution < -0.4 is 4.74 Å². The molecule has 18 heavy (non-hydrogen) atoms. The van der Waals surface area contributed by atoms with E-state index < -0.39 is 14.5 Å². The number of hydrogen-bond acceptors (Lipinski definition) is 3. The smallest absolute Gasteiger partial charge is 0.233 e. The van der Waals surface area contributed by atoms with Crippen LogP contribution >= 0.6 is 38.2 Å². The van der Waals surface area contributed by atoms with Crippen molar-refractivity contribution in [3.63, 3.8) is 0 Å². The highest BCUT2D eigenvalue weighted by atomic mass is 79.9. The predicted molar refractivity (Wildman–Crippen MR) is 78.1 cm³/mol. The zero-order chi connectivity index (χ0) is 14.0. The lowest BCUT2D eigenvalue weighted by molar-refractivity contribution is 0.200. The summed E-state index contributed by atoms with van der Waals surface area (Å²) in [6.07, 6.45) is 0. The van der Waals surface area contributed by atoms with E-state index in [1.54, 1.807) is 32.0 Å².